The van der Waals surface area contributed by atoms with Crippen LogP contribution in [0.25, 0.3) is 0 Å². The molecule has 0 aliphatic carbocycles. The van der Waals surface area contributed by atoms with Gasteiger partial charge >= 0.3 is 17.1 Å². The normalized spacial score (nSPS) is 10.8. The zero-order chi connectivity index (χ0) is 13.5. The molecular weight excluding hydrogens is 308 g/mol. The van der Waals surface area contributed by atoms with Crippen LogP contribution in [0, 0.1) is 55.5 Å². The minimum atomic E-state index is -1.20. The van der Waals surface area contributed by atoms with Gasteiger partial charge in [0.25, 0.3) is 0 Å². The summed E-state index contributed by atoms with van der Waals surface area (Å²) in [7, 11) is -1.20. The topological polar surface area (TPSA) is 17.1 Å². The van der Waals surface area contributed by atoms with Crippen LogP contribution >= 0.6 is 0 Å². The van der Waals surface area contributed by atoms with Crippen molar-refractivity contribution < 1.29 is 21.3 Å². The van der Waals surface area contributed by atoms with Crippen LogP contribution in [0.3, 0.4) is 0 Å². The molecule has 1 unspecified atom stereocenters. The number of aryl methyl sites for hydroxylation is 1. The van der Waals surface area contributed by atoms with Crippen molar-refractivity contribution in [3.05, 3.63) is 84.4 Å². The fourth-order valence-electron chi connectivity index (χ4n) is 1.26. The van der Waals surface area contributed by atoms with E-state index in [1.54, 1.807) is 6.07 Å². The number of hydrogen-bond donors (Lipinski definition) is 0. The molecule has 0 saturated carbocycles. The quantitative estimate of drug-likeness (QED) is 0.525. The van der Waals surface area contributed by atoms with Crippen LogP contribution in [-0.2, 0) is 27.9 Å². The zero-order valence-corrected chi connectivity index (χ0v) is 12.5. The minimum absolute atomic E-state index is 0. The Bertz CT molecular complexity index is 578. The van der Waals surface area contributed by atoms with Gasteiger partial charge < -0.3 is 59.5 Å². The van der Waals surface area contributed by atoms with E-state index in [0.29, 0.717) is 4.90 Å². The van der Waals surface area contributed by atoms with E-state index >= 15 is 0 Å². The molecule has 3 rings (SSSR count). The Morgan fingerprint density at radius 2 is 1.55 bits per heavy atom. The monoisotopic (exact) mass is 316 g/mol. The van der Waals surface area contributed by atoms with Gasteiger partial charge in [0.2, 0.25) is 0 Å². The fraction of sp³-hybridized carbons (Fsp3) is 0.0588. The number of rotatable bonds is 2. The molecule has 1 nitrogen and oxygen atoms in total. The summed E-state index contributed by atoms with van der Waals surface area (Å²) in [5, 5.41) is 0. The van der Waals surface area contributed by atoms with E-state index in [4.69, 9.17) is 0 Å². The van der Waals surface area contributed by atoms with Gasteiger partial charge in [-0.1, -0.05) is 17.7 Å². The predicted molar refractivity (Wildman–Crippen MR) is 70.6 cm³/mol. The van der Waals surface area contributed by atoms with Crippen LogP contribution in [0.4, 0.5) is 0 Å². The molecule has 0 radical (unpaired) electrons. The largest absolute Gasteiger partial charge is 2.00 e. The van der Waals surface area contributed by atoms with Gasteiger partial charge in [-0.2, -0.15) is 0 Å². The Kier molecular flexibility index (Phi) is 7.24. The molecule has 0 heterocycles. The van der Waals surface area contributed by atoms with Crippen molar-refractivity contribution in [2.45, 2.75) is 16.7 Å². The molecule has 3 heteroatoms. The third-order valence-electron chi connectivity index (χ3n) is 2.19. The van der Waals surface area contributed by atoms with Crippen LogP contribution in [0.5, 0.6) is 0 Å². The van der Waals surface area contributed by atoms with E-state index < -0.39 is 10.8 Å². The Hall–Kier alpha value is -1.41. The first-order valence-corrected chi connectivity index (χ1v) is 6.62. The molecule has 0 bridgehead atoms. The van der Waals surface area contributed by atoms with E-state index in [0.717, 1.165) is 10.5 Å². The average Bonchev–Trinajstić information content (AvgIpc) is 3.15. The maximum absolute atomic E-state index is 11.8. The summed E-state index contributed by atoms with van der Waals surface area (Å²) in [6.45, 7) is 2.00. The summed E-state index contributed by atoms with van der Waals surface area (Å²) in [6, 6.07) is 30.2. The van der Waals surface area contributed by atoms with Crippen molar-refractivity contribution in [1.82, 2.24) is 0 Å². The van der Waals surface area contributed by atoms with Gasteiger partial charge in [-0.3, -0.25) is 4.21 Å². The molecule has 0 amide bonds. The molecule has 1 atom stereocenters. The summed E-state index contributed by atoms with van der Waals surface area (Å²) in [4.78, 5) is 1.27. The van der Waals surface area contributed by atoms with Crippen LogP contribution in [0.2, 0.25) is 0 Å². The zero-order valence-electron chi connectivity index (χ0n) is 10.6. The average molecular weight is 316 g/mol. The molecular formula is C17H8FeOS-8. The maximum Gasteiger partial charge on any atom is 2.00 e. The van der Waals surface area contributed by atoms with Crippen molar-refractivity contribution in [2.75, 3.05) is 0 Å². The molecule has 3 aromatic rings. The van der Waals surface area contributed by atoms with Crippen molar-refractivity contribution >= 4 is 10.8 Å². The van der Waals surface area contributed by atoms with Crippen molar-refractivity contribution in [2.24, 2.45) is 0 Å². The van der Waals surface area contributed by atoms with Gasteiger partial charge in [-0.15, -0.1) is 10.8 Å². The SMILES string of the molecule is Cc1ccc(S(=O)[c-]2[c-][c-][c-][c-]2)cc1.[Fe+2].[c-]1[c-][c-][cH-][c-]1. The standard InChI is InChI=1S/C12H7OS.C5H.Fe/c1-10-6-8-12(9-7-10)14(13)11-4-2-3-5-11;1-2-4-5-3-1;/h6-9H,1H3;1H;/q2*-5;+2. The van der Waals surface area contributed by atoms with Gasteiger partial charge in [0.15, 0.2) is 0 Å². The van der Waals surface area contributed by atoms with Crippen LogP contribution < -0.4 is 0 Å². The van der Waals surface area contributed by atoms with Crippen LogP contribution in [-0.4, -0.2) is 4.21 Å². The molecule has 0 N–H and O–H groups in total. The summed E-state index contributed by atoms with van der Waals surface area (Å²) in [5.74, 6) is 0. The molecule has 20 heavy (non-hydrogen) atoms. The molecule has 0 spiro atoms. The van der Waals surface area contributed by atoms with E-state index in [2.05, 4.69) is 48.5 Å². The summed E-state index contributed by atoms with van der Waals surface area (Å²) in [6.07, 6.45) is 0. The van der Waals surface area contributed by atoms with E-state index in [1.165, 1.54) is 0 Å². The second kappa shape index (κ2) is 8.70. The first kappa shape index (κ1) is 16.6. The Morgan fingerprint density at radius 3 is 2.00 bits per heavy atom. The van der Waals surface area contributed by atoms with Crippen LogP contribution in [0.15, 0.2) is 40.1 Å². The Morgan fingerprint density at radius 1 is 1.00 bits per heavy atom. The van der Waals surface area contributed by atoms with Crippen molar-refractivity contribution in [1.29, 1.82) is 0 Å². The smallest absolute Gasteiger partial charge is 0.999 e. The van der Waals surface area contributed by atoms with Gasteiger partial charge in [0.05, 0.1) is 0 Å². The second-order valence-electron chi connectivity index (χ2n) is 3.59. The maximum atomic E-state index is 11.8. The molecule has 3 aromatic carbocycles. The predicted octanol–water partition coefficient (Wildman–Crippen LogP) is 2.69. The molecule has 0 saturated heterocycles. The van der Waals surface area contributed by atoms with Gasteiger partial charge in [-0.25, -0.2) is 0 Å². The molecule has 0 fully saturated rings. The summed E-state index contributed by atoms with van der Waals surface area (Å²) < 4.78 is 11.8. The Labute approximate surface area is 133 Å². The molecule has 104 valence electrons. The number of benzene rings is 1. The number of hydrogen-bond acceptors (Lipinski definition) is 1. The van der Waals surface area contributed by atoms with E-state index in [-0.39, 0.29) is 17.1 Å². The van der Waals surface area contributed by atoms with Crippen LogP contribution in [0.1, 0.15) is 5.56 Å². The minimum Gasteiger partial charge on any atom is -0.999 e. The van der Waals surface area contributed by atoms with Crippen molar-refractivity contribution in [3.63, 3.8) is 0 Å². The van der Waals surface area contributed by atoms with E-state index in [9.17, 15) is 4.21 Å². The Balaban J connectivity index is 0.000000283. The third-order valence-corrected chi connectivity index (χ3v) is 3.46. The summed E-state index contributed by atoms with van der Waals surface area (Å²) >= 11 is 0. The second-order valence-corrected chi connectivity index (χ2v) is 5.01. The first-order chi connectivity index (χ1) is 9.27. The summed E-state index contributed by atoms with van der Waals surface area (Å²) in [5.41, 5.74) is 1.15. The third kappa shape index (κ3) is 4.93. The molecule has 0 aromatic heterocycles. The fourth-order valence-corrected chi connectivity index (χ4v) is 2.17. The van der Waals surface area contributed by atoms with Crippen molar-refractivity contribution in [3.8, 4) is 0 Å². The van der Waals surface area contributed by atoms with Gasteiger partial charge in [0, 0.05) is 4.90 Å². The van der Waals surface area contributed by atoms with Gasteiger partial charge in [-0.05, 0) is 19.1 Å². The molecule has 0 aliphatic rings. The molecule has 0 aliphatic heterocycles. The van der Waals surface area contributed by atoms with E-state index in [1.807, 2.05) is 31.2 Å². The first-order valence-electron chi connectivity index (χ1n) is 5.47. The van der Waals surface area contributed by atoms with Gasteiger partial charge in [0.1, 0.15) is 0 Å².